The topological polar surface area (TPSA) is 92.9 Å². The molecule has 3 N–H and O–H groups in total. The normalized spacial score (nSPS) is 11.6. The largest absolute Gasteiger partial charge is 0.493 e. The number of primary amides is 1. The van der Waals surface area contributed by atoms with E-state index < -0.39 is 17.9 Å². The number of urea groups is 1. The summed E-state index contributed by atoms with van der Waals surface area (Å²) in [4.78, 5) is 24.0. The minimum atomic E-state index is -0.911. The van der Waals surface area contributed by atoms with Gasteiger partial charge in [0.1, 0.15) is 12.4 Å². The molecule has 0 saturated heterocycles. The number of nitrogens with zero attached hydrogens (tertiary/aromatic N) is 1. The van der Waals surface area contributed by atoms with Crippen molar-refractivity contribution in [1.82, 2.24) is 0 Å². The van der Waals surface area contributed by atoms with Gasteiger partial charge in [0, 0.05) is 0 Å². The quantitative estimate of drug-likeness (QED) is 0.851. The Morgan fingerprint density at radius 2 is 1.58 bits per heavy atom. The van der Waals surface area contributed by atoms with Crippen LogP contribution in [-0.2, 0) is 4.79 Å². The number of hydrogen-bond acceptors (Lipinski definition) is 3. The zero-order chi connectivity index (χ0) is 17.7. The average molecular weight is 328 g/mol. The van der Waals surface area contributed by atoms with E-state index in [1.54, 1.807) is 31.2 Å². The zero-order valence-electron chi connectivity index (χ0n) is 13.6. The number of carbonyl (C=O) groups is 2. The van der Waals surface area contributed by atoms with Gasteiger partial charge in [-0.25, -0.2) is 4.79 Å². The second kappa shape index (κ2) is 7.50. The minimum Gasteiger partial charge on any atom is -0.493 e. The number of rotatable bonds is 6. The second-order valence-corrected chi connectivity index (χ2v) is 5.55. The van der Waals surface area contributed by atoms with Crippen LogP contribution >= 0.6 is 0 Å². The molecule has 24 heavy (non-hydrogen) atoms. The molecular weight excluding hydrogens is 308 g/mol. The maximum Gasteiger partial charge on any atom is 0.323 e. The van der Waals surface area contributed by atoms with Gasteiger partial charge in [0.15, 0.2) is 0 Å². The van der Waals surface area contributed by atoms with Gasteiger partial charge in [0.05, 0.1) is 17.3 Å². The Bertz CT molecular complexity index is 711. The molecule has 1 unspecified atom stereocenters. The molecular formula is C18H20N2O4. The van der Waals surface area contributed by atoms with E-state index in [2.05, 4.69) is 0 Å². The molecule has 0 fully saturated rings. The fourth-order valence-electron chi connectivity index (χ4n) is 2.08. The predicted molar refractivity (Wildman–Crippen MR) is 91.6 cm³/mol. The molecule has 2 amide bonds. The maximum absolute atomic E-state index is 11.8. The van der Waals surface area contributed by atoms with Gasteiger partial charge in [-0.1, -0.05) is 17.7 Å². The molecule has 126 valence electrons. The maximum atomic E-state index is 11.8. The third-order valence-electron chi connectivity index (χ3n) is 3.53. The summed E-state index contributed by atoms with van der Waals surface area (Å²) in [6.07, 6.45) is 0. The van der Waals surface area contributed by atoms with Gasteiger partial charge in [0.25, 0.3) is 0 Å². The highest BCUT2D eigenvalue weighted by molar-refractivity contribution is 5.98. The number of ether oxygens (including phenoxy) is 1. The Morgan fingerprint density at radius 1 is 1.08 bits per heavy atom. The monoisotopic (exact) mass is 328 g/mol. The Balaban J connectivity index is 2.16. The van der Waals surface area contributed by atoms with E-state index in [-0.39, 0.29) is 6.61 Å². The zero-order valence-corrected chi connectivity index (χ0v) is 13.6. The highest BCUT2D eigenvalue weighted by Crippen LogP contribution is 2.27. The van der Waals surface area contributed by atoms with Crippen molar-refractivity contribution in [3.05, 3.63) is 54.1 Å². The van der Waals surface area contributed by atoms with Crippen LogP contribution in [-0.4, -0.2) is 23.7 Å². The average Bonchev–Trinajstić information content (AvgIpc) is 2.55. The highest BCUT2D eigenvalue weighted by Gasteiger charge is 2.15. The van der Waals surface area contributed by atoms with Gasteiger partial charge in [-0.2, -0.15) is 0 Å². The molecule has 0 aromatic heterocycles. The summed E-state index contributed by atoms with van der Waals surface area (Å²) in [6.45, 7) is 3.61. The predicted octanol–water partition coefficient (Wildman–Crippen LogP) is 3.31. The van der Waals surface area contributed by atoms with E-state index in [0.717, 1.165) is 5.56 Å². The number of amides is 2. The molecule has 6 heteroatoms. The third kappa shape index (κ3) is 4.25. The van der Waals surface area contributed by atoms with E-state index in [0.29, 0.717) is 17.1 Å². The first-order chi connectivity index (χ1) is 11.4. The van der Waals surface area contributed by atoms with Crippen molar-refractivity contribution in [3.63, 3.8) is 0 Å². The number of anilines is 2. The number of aliphatic carboxylic acids is 1. The number of carboxylic acids is 1. The molecule has 2 aromatic carbocycles. The summed E-state index contributed by atoms with van der Waals surface area (Å²) in [6, 6.07) is 13.6. The fourth-order valence-corrected chi connectivity index (χ4v) is 2.08. The van der Waals surface area contributed by atoms with Gasteiger partial charge >= 0.3 is 12.0 Å². The SMILES string of the molecule is Cc1ccc(N(C(N)=O)c2ccc(OCC(C)C(=O)O)cc2)cc1. The van der Waals surface area contributed by atoms with Crippen LogP contribution in [0.25, 0.3) is 0 Å². The summed E-state index contributed by atoms with van der Waals surface area (Å²) >= 11 is 0. The van der Waals surface area contributed by atoms with E-state index in [1.807, 2.05) is 31.2 Å². The van der Waals surface area contributed by atoms with Crippen molar-refractivity contribution < 1.29 is 19.4 Å². The third-order valence-corrected chi connectivity index (χ3v) is 3.53. The van der Waals surface area contributed by atoms with Crippen molar-refractivity contribution in [2.24, 2.45) is 11.7 Å². The molecule has 0 bridgehead atoms. The number of carbonyl (C=O) groups excluding carboxylic acids is 1. The van der Waals surface area contributed by atoms with Crippen molar-refractivity contribution in [1.29, 1.82) is 0 Å². The first-order valence-corrected chi connectivity index (χ1v) is 7.50. The van der Waals surface area contributed by atoms with Crippen LogP contribution in [0.15, 0.2) is 48.5 Å². The van der Waals surface area contributed by atoms with Crippen molar-refractivity contribution in [3.8, 4) is 5.75 Å². The van der Waals surface area contributed by atoms with Crippen LogP contribution in [0.2, 0.25) is 0 Å². The number of benzene rings is 2. The molecule has 0 aliphatic rings. The summed E-state index contributed by atoms with van der Waals surface area (Å²) < 4.78 is 5.43. The van der Waals surface area contributed by atoms with Crippen LogP contribution in [0.3, 0.4) is 0 Å². The van der Waals surface area contributed by atoms with E-state index in [9.17, 15) is 9.59 Å². The lowest BCUT2D eigenvalue weighted by Gasteiger charge is -2.21. The van der Waals surface area contributed by atoms with Gasteiger partial charge in [-0.05, 0) is 50.2 Å². The molecule has 0 spiro atoms. The molecule has 0 aliphatic carbocycles. The molecule has 2 rings (SSSR count). The molecule has 0 radical (unpaired) electrons. The number of carboxylic acid groups (broad SMARTS) is 1. The van der Waals surface area contributed by atoms with E-state index >= 15 is 0 Å². The smallest absolute Gasteiger partial charge is 0.323 e. The van der Waals surface area contributed by atoms with Gasteiger partial charge in [0.2, 0.25) is 0 Å². The van der Waals surface area contributed by atoms with Crippen LogP contribution in [0.1, 0.15) is 12.5 Å². The number of hydrogen-bond donors (Lipinski definition) is 2. The summed E-state index contributed by atoms with van der Waals surface area (Å²) in [7, 11) is 0. The van der Waals surface area contributed by atoms with Gasteiger partial charge < -0.3 is 15.6 Å². The van der Waals surface area contributed by atoms with Gasteiger partial charge in [-0.15, -0.1) is 0 Å². The fraction of sp³-hybridized carbons (Fsp3) is 0.222. The molecule has 0 aliphatic heterocycles. The Labute approximate surface area is 140 Å². The Morgan fingerprint density at radius 3 is 2.04 bits per heavy atom. The molecule has 2 aromatic rings. The second-order valence-electron chi connectivity index (χ2n) is 5.55. The van der Waals surface area contributed by atoms with E-state index in [4.69, 9.17) is 15.6 Å². The highest BCUT2D eigenvalue weighted by atomic mass is 16.5. The lowest BCUT2D eigenvalue weighted by Crippen LogP contribution is -2.31. The lowest BCUT2D eigenvalue weighted by molar-refractivity contribution is -0.142. The molecule has 1 atom stereocenters. The number of nitrogens with two attached hydrogens (primary N) is 1. The summed E-state index contributed by atoms with van der Waals surface area (Å²) in [5, 5.41) is 8.85. The standard InChI is InChI=1S/C18H20N2O4/c1-12-3-5-14(6-4-12)20(18(19)23)15-7-9-16(10-8-15)24-11-13(2)17(21)22/h3-10,13H,11H2,1-2H3,(H2,19,23)(H,21,22). The minimum absolute atomic E-state index is 0.0756. The Hall–Kier alpha value is -3.02. The van der Waals surface area contributed by atoms with Crippen molar-refractivity contribution in [2.75, 3.05) is 11.5 Å². The van der Waals surface area contributed by atoms with E-state index in [1.165, 1.54) is 4.90 Å². The van der Waals surface area contributed by atoms with Gasteiger partial charge in [-0.3, -0.25) is 9.69 Å². The number of aryl methyl sites for hydroxylation is 1. The van der Waals surface area contributed by atoms with Crippen LogP contribution in [0, 0.1) is 12.8 Å². The van der Waals surface area contributed by atoms with Crippen LogP contribution < -0.4 is 15.4 Å². The first kappa shape index (κ1) is 17.3. The van der Waals surface area contributed by atoms with Crippen LogP contribution in [0.5, 0.6) is 5.75 Å². The summed E-state index contributed by atoms with van der Waals surface area (Å²) in [5.41, 5.74) is 7.85. The molecule has 0 saturated carbocycles. The van der Waals surface area contributed by atoms with Crippen molar-refractivity contribution >= 4 is 23.4 Å². The molecule has 0 heterocycles. The van der Waals surface area contributed by atoms with Crippen LogP contribution in [0.4, 0.5) is 16.2 Å². The summed E-state index contributed by atoms with van der Waals surface area (Å²) in [5.74, 6) is -0.981. The van der Waals surface area contributed by atoms with Crippen molar-refractivity contribution in [2.45, 2.75) is 13.8 Å². The molecule has 6 nitrogen and oxygen atoms in total. The first-order valence-electron chi connectivity index (χ1n) is 7.50. The Kier molecular flexibility index (Phi) is 5.42. The lowest BCUT2D eigenvalue weighted by atomic mass is 10.2.